The molecule has 76 valence electrons. The van der Waals surface area contributed by atoms with Gasteiger partial charge in [-0.15, -0.1) is 12.6 Å². The van der Waals surface area contributed by atoms with E-state index in [2.05, 4.69) is 56.5 Å². The molecule has 0 amide bonds. The van der Waals surface area contributed by atoms with Gasteiger partial charge < -0.3 is 0 Å². The average Bonchev–Trinajstić information content (AvgIpc) is 2.52. The molecule has 0 unspecified atom stereocenters. The van der Waals surface area contributed by atoms with Gasteiger partial charge in [0.15, 0.2) is 0 Å². The van der Waals surface area contributed by atoms with Crippen molar-refractivity contribution in [2.24, 2.45) is 0 Å². The molecule has 1 heterocycles. The molecule has 4 heteroatoms. The predicted molar refractivity (Wildman–Crippen MR) is 81.5 cm³/mol. The molecule has 3 aromatic rings. The molecule has 0 aliphatic carbocycles. The smallest absolute Gasteiger partial charge is 0.113 e. The summed E-state index contributed by atoms with van der Waals surface area (Å²) in [7, 11) is 5.83. The molecular formula is C12H7BINS. The van der Waals surface area contributed by atoms with E-state index in [1.54, 1.807) is 0 Å². The molecule has 2 aromatic carbocycles. The summed E-state index contributed by atoms with van der Waals surface area (Å²) in [5.74, 6) is 0. The number of aromatic nitrogens is 1. The number of benzene rings is 2. The Morgan fingerprint density at radius 3 is 2.38 bits per heavy atom. The quantitative estimate of drug-likeness (QED) is 0.366. The molecule has 0 N–H and O–H groups in total. The first-order valence-electron chi connectivity index (χ1n) is 4.85. The number of halogens is 1. The van der Waals surface area contributed by atoms with Crippen LogP contribution in [0.15, 0.2) is 41.3 Å². The molecule has 3 rings (SSSR count). The van der Waals surface area contributed by atoms with Crippen molar-refractivity contribution in [1.82, 2.24) is 2.78 Å². The van der Waals surface area contributed by atoms with E-state index >= 15 is 0 Å². The van der Waals surface area contributed by atoms with Crippen LogP contribution in [-0.2, 0) is 0 Å². The fourth-order valence-electron chi connectivity index (χ4n) is 1.98. The Bertz CT molecular complexity index is 646. The highest BCUT2D eigenvalue weighted by Gasteiger charge is 2.08. The monoisotopic (exact) mass is 335 g/mol. The first-order valence-corrected chi connectivity index (χ1v) is 6.27. The highest BCUT2D eigenvalue weighted by atomic mass is 127. The predicted octanol–water partition coefficient (Wildman–Crippen LogP) is 3.08. The maximum absolute atomic E-state index is 5.83. The molecule has 1 nitrogen and oxygen atoms in total. The minimum Gasteiger partial charge on any atom is -0.282 e. The third kappa shape index (κ3) is 1.47. The largest absolute Gasteiger partial charge is 0.282 e. The van der Waals surface area contributed by atoms with Gasteiger partial charge in [-0.05, 0) is 24.3 Å². The summed E-state index contributed by atoms with van der Waals surface area (Å²) >= 11 is 6.68. The van der Waals surface area contributed by atoms with Crippen LogP contribution in [0, 0.1) is 0 Å². The summed E-state index contributed by atoms with van der Waals surface area (Å²) in [4.78, 5) is 0.971. The van der Waals surface area contributed by atoms with E-state index in [1.807, 2.05) is 18.2 Å². The van der Waals surface area contributed by atoms with Crippen LogP contribution in [-0.4, -0.2) is 10.6 Å². The Kier molecular flexibility index (Phi) is 2.44. The Labute approximate surface area is 114 Å². The number of hydrogen-bond donors (Lipinski definition) is 1. The molecule has 2 radical (unpaired) electrons. The molecule has 0 saturated heterocycles. The van der Waals surface area contributed by atoms with Crippen LogP contribution in [0.1, 0.15) is 0 Å². The minimum atomic E-state index is 0.793. The summed E-state index contributed by atoms with van der Waals surface area (Å²) in [5.41, 5.74) is 3.17. The number of nitrogens with zero attached hydrogens (tertiary/aromatic N) is 1. The fraction of sp³-hybridized carbons (Fsp3) is 0. The zero-order chi connectivity index (χ0) is 11.3. The van der Waals surface area contributed by atoms with Crippen LogP contribution in [0.4, 0.5) is 0 Å². The average molecular weight is 335 g/mol. The zero-order valence-electron chi connectivity index (χ0n) is 8.31. The van der Waals surface area contributed by atoms with Gasteiger partial charge in [-0.2, -0.15) is 0 Å². The maximum atomic E-state index is 5.83. The van der Waals surface area contributed by atoms with E-state index in [0.29, 0.717) is 0 Å². The fourth-order valence-corrected chi connectivity index (χ4v) is 3.03. The second-order valence-corrected chi connectivity index (χ2v) is 5.24. The van der Waals surface area contributed by atoms with Crippen molar-refractivity contribution in [3.05, 3.63) is 36.4 Å². The molecule has 1 aromatic heterocycles. The Morgan fingerprint density at radius 2 is 1.62 bits per heavy atom. The highest BCUT2D eigenvalue weighted by Crippen LogP contribution is 2.31. The van der Waals surface area contributed by atoms with Gasteiger partial charge in [0.1, 0.15) is 7.85 Å². The third-order valence-corrected chi connectivity index (χ3v) is 4.03. The summed E-state index contributed by atoms with van der Waals surface area (Å²) in [6, 6.07) is 12.2. The Hall–Kier alpha value is -0.615. The standard InChI is InChI=1S/C12H7BINS/c13-7-1-3-11-9(5-7)10-6-8(16)2-4-12(10)15(11)14/h1-6,16H. The molecule has 0 bridgehead atoms. The van der Waals surface area contributed by atoms with Crippen molar-refractivity contribution in [1.29, 1.82) is 0 Å². The van der Waals surface area contributed by atoms with Crippen LogP contribution in [0.25, 0.3) is 21.8 Å². The van der Waals surface area contributed by atoms with E-state index in [4.69, 9.17) is 7.85 Å². The van der Waals surface area contributed by atoms with Crippen molar-refractivity contribution >= 4 is 70.6 Å². The third-order valence-electron chi connectivity index (χ3n) is 2.71. The number of thiol groups is 1. The van der Waals surface area contributed by atoms with E-state index in [-0.39, 0.29) is 0 Å². The van der Waals surface area contributed by atoms with Gasteiger partial charge in [0.05, 0.1) is 33.9 Å². The van der Waals surface area contributed by atoms with E-state index < -0.39 is 0 Å². The van der Waals surface area contributed by atoms with Crippen LogP contribution in [0.5, 0.6) is 0 Å². The molecule has 0 saturated carbocycles. The van der Waals surface area contributed by atoms with Gasteiger partial charge in [-0.3, -0.25) is 2.78 Å². The zero-order valence-corrected chi connectivity index (χ0v) is 11.4. The van der Waals surface area contributed by atoms with E-state index in [9.17, 15) is 0 Å². The van der Waals surface area contributed by atoms with Crippen molar-refractivity contribution < 1.29 is 0 Å². The summed E-state index contributed by atoms with van der Waals surface area (Å²) in [6.07, 6.45) is 0. The summed E-state index contributed by atoms with van der Waals surface area (Å²) < 4.78 is 2.15. The normalized spacial score (nSPS) is 11.4. The lowest BCUT2D eigenvalue weighted by molar-refractivity contribution is 1.46. The van der Waals surface area contributed by atoms with Crippen LogP contribution < -0.4 is 5.46 Å². The Balaban J connectivity index is 2.60. The van der Waals surface area contributed by atoms with Crippen molar-refractivity contribution in [3.63, 3.8) is 0 Å². The van der Waals surface area contributed by atoms with E-state index in [1.165, 1.54) is 21.8 Å². The first kappa shape index (κ1) is 10.5. The lowest BCUT2D eigenvalue weighted by Gasteiger charge is -1.95. The number of rotatable bonds is 0. The Morgan fingerprint density at radius 1 is 1.00 bits per heavy atom. The highest BCUT2D eigenvalue weighted by molar-refractivity contribution is 14.1. The van der Waals surface area contributed by atoms with Crippen LogP contribution in [0.3, 0.4) is 0 Å². The van der Waals surface area contributed by atoms with Gasteiger partial charge in [0.25, 0.3) is 0 Å². The van der Waals surface area contributed by atoms with Gasteiger partial charge in [-0.25, -0.2) is 0 Å². The van der Waals surface area contributed by atoms with Crippen molar-refractivity contribution in [3.8, 4) is 0 Å². The molecular weight excluding hydrogens is 328 g/mol. The second-order valence-electron chi connectivity index (χ2n) is 3.76. The lowest BCUT2D eigenvalue weighted by atomic mass is 9.94. The van der Waals surface area contributed by atoms with Crippen molar-refractivity contribution in [2.45, 2.75) is 4.90 Å². The van der Waals surface area contributed by atoms with Gasteiger partial charge in [0, 0.05) is 15.7 Å². The van der Waals surface area contributed by atoms with Crippen LogP contribution >= 0.6 is 35.5 Å². The second kappa shape index (κ2) is 3.70. The topological polar surface area (TPSA) is 4.93 Å². The SMILES string of the molecule is [B]c1ccc2c(c1)c1cc(S)ccc1n2I. The molecule has 0 aliphatic heterocycles. The molecule has 0 atom stereocenters. The van der Waals surface area contributed by atoms with Gasteiger partial charge >= 0.3 is 0 Å². The molecule has 0 spiro atoms. The molecule has 0 fully saturated rings. The lowest BCUT2D eigenvalue weighted by Crippen LogP contribution is -1.99. The summed E-state index contributed by atoms with van der Waals surface area (Å²) in [6.45, 7) is 0. The molecule has 16 heavy (non-hydrogen) atoms. The minimum absolute atomic E-state index is 0.793. The van der Waals surface area contributed by atoms with Crippen molar-refractivity contribution in [2.75, 3.05) is 0 Å². The van der Waals surface area contributed by atoms with Crippen LogP contribution in [0.2, 0.25) is 0 Å². The van der Waals surface area contributed by atoms with E-state index in [0.717, 1.165) is 10.4 Å². The van der Waals surface area contributed by atoms with Gasteiger partial charge in [-0.1, -0.05) is 17.6 Å². The first-order chi connectivity index (χ1) is 7.66. The number of fused-ring (bicyclic) bond motifs is 3. The summed E-state index contributed by atoms with van der Waals surface area (Å²) in [5, 5.41) is 2.38. The van der Waals surface area contributed by atoms with Gasteiger partial charge in [0.2, 0.25) is 0 Å². The maximum Gasteiger partial charge on any atom is 0.113 e. The number of hydrogen-bond acceptors (Lipinski definition) is 1. The molecule has 0 aliphatic rings.